The maximum atomic E-state index is 11.5. The first-order valence-corrected chi connectivity index (χ1v) is 5.12. The van der Waals surface area contributed by atoms with Crippen LogP contribution in [0, 0.1) is 6.92 Å². The van der Waals surface area contributed by atoms with Gasteiger partial charge in [-0.05, 0) is 32.4 Å². The van der Waals surface area contributed by atoms with E-state index in [0.717, 1.165) is 5.56 Å². The smallest absolute Gasteiger partial charge is 0.241 e. The summed E-state index contributed by atoms with van der Waals surface area (Å²) in [7, 11) is 0. The third-order valence-corrected chi connectivity index (χ3v) is 2.05. The Morgan fingerprint density at radius 3 is 2.57 bits per heavy atom. The molecule has 0 fully saturated rings. The first kappa shape index (κ1) is 11.2. The van der Waals surface area contributed by atoms with Crippen molar-refractivity contribution in [2.75, 3.05) is 5.32 Å². The van der Waals surface area contributed by atoms with Gasteiger partial charge in [-0.25, -0.2) is 4.98 Å². The van der Waals surface area contributed by atoms with Crippen molar-refractivity contribution in [1.82, 2.24) is 4.98 Å². The number of alkyl halides is 1. The van der Waals surface area contributed by atoms with Crippen LogP contribution in [-0.4, -0.2) is 15.2 Å². The molecule has 0 unspecified atom stereocenters. The zero-order valence-electron chi connectivity index (χ0n) is 8.47. The summed E-state index contributed by atoms with van der Waals surface area (Å²) in [5, 5.41) is 2.71. The van der Waals surface area contributed by atoms with E-state index in [1.54, 1.807) is 26.1 Å². The Bertz CT molecular complexity index is 327. The molecule has 0 saturated carbocycles. The van der Waals surface area contributed by atoms with Crippen LogP contribution in [0.5, 0.6) is 0 Å². The second-order valence-corrected chi connectivity index (χ2v) is 5.63. The van der Waals surface area contributed by atoms with E-state index in [1.165, 1.54) is 0 Å². The number of pyridine rings is 1. The lowest BCUT2D eigenvalue weighted by Crippen LogP contribution is -2.31. The van der Waals surface area contributed by atoms with Gasteiger partial charge in [0, 0.05) is 6.20 Å². The highest BCUT2D eigenvalue weighted by Crippen LogP contribution is 2.17. The van der Waals surface area contributed by atoms with Crippen LogP contribution in [0.1, 0.15) is 19.4 Å². The molecule has 4 heteroatoms. The van der Waals surface area contributed by atoms with E-state index < -0.39 is 4.32 Å². The average molecular weight is 257 g/mol. The van der Waals surface area contributed by atoms with Crippen molar-refractivity contribution in [2.24, 2.45) is 0 Å². The number of anilines is 1. The first-order valence-electron chi connectivity index (χ1n) is 4.32. The van der Waals surface area contributed by atoms with Crippen molar-refractivity contribution in [1.29, 1.82) is 0 Å². The average Bonchev–Trinajstić information content (AvgIpc) is 2.07. The molecule has 0 aromatic carbocycles. The Morgan fingerprint density at radius 2 is 2.14 bits per heavy atom. The fourth-order valence-corrected chi connectivity index (χ4v) is 0.906. The molecule has 0 radical (unpaired) electrons. The van der Waals surface area contributed by atoms with Crippen LogP contribution >= 0.6 is 15.9 Å². The lowest BCUT2D eigenvalue weighted by Gasteiger charge is -2.15. The van der Waals surface area contributed by atoms with Gasteiger partial charge in [0.25, 0.3) is 0 Å². The summed E-state index contributed by atoms with van der Waals surface area (Å²) in [5.74, 6) is 0.474. The van der Waals surface area contributed by atoms with Gasteiger partial charge in [-0.3, -0.25) is 4.79 Å². The van der Waals surface area contributed by atoms with E-state index in [0.29, 0.717) is 5.82 Å². The summed E-state index contributed by atoms with van der Waals surface area (Å²) in [6, 6.07) is 3.69. The van der Waals surface area contributed by atoms with Crippen LogP contribution in [0.3, 0.4) is 0 Å². The van der Waals surface area contributed by atoms with Gasteiger partial charge < -0.3 is 5.32 Å². The molecule has 3 nitrogen and oxygen atoms in total. The number of rotatable bonds is 2. The third-order valence-electron chi connectivity index (χ3n) is 1.69. The van der Waals surface area contributed by atoms with Gasteiger partial charge in [-0.15, -0.1) is 0 Å². The van der Waals surface area contributed by atoms with Gasteiger partial charge >= 0.3 is 0 Å². The Morgan fingerprint density at radius 1 is 1.50 bits per heavy atom. The fourth-order valence-electron chi connectivity index (χ4n) is 0.807. The van der Waals surface area contributed by atoms with Crippen molar-refractivity contribution >= 4 is 27.7 Å². The highest BCUT2D eigenvalue weighted by molar-refractivity contribution is 9.10. The summed E-state index contributed by atoms with van der Waals surface area (Å²) in [5.41, 5.74) is 1.07. The maximum absolute atomic E-state index is 11.5. The minimum Gasteiger partial charge on any atom is -0.309 e. The Labute approximate surface area is 92.1 Å². The van der Waals surface area contributed by atoms with Crippen molar-refractivity contribution in [2.45, 2.75) is 25.1 Å². The minimum absolute atomic E-state index is 0.103. The van der Waals surface area contributed by atoms with Gasteiger partial charge in [0.1, 0.15) is 5.82 Å². The van der Waals surface area contributed by atoms with E-state index in [9.17, 15) is 4.79 Å². The Kier molecular flexibility index (Phi) is 3.26. The number of hydrogen-bond donors (Lipinski definition) is 1. The molecule has 1 rings (SSSR count). The Hall–Kier alpha value is -0.900. The van der Waals surface area contributed by atoms with E-state index in [1.807, 2.05) is 13.0 Å². The van der Waals surface area contributed by atoms with Crippen molar-refractivity contribution in [3.05, 3.63) is 23.9 Å². The molecule has 0 atom stereocenters. The van der Waals surface area contributed by atoms with Gasteiger partial charge in [0.15, 0.2) is 0 Å². The van der Waals surface area contributed by atoms with E-state index in [4.69, 9.17) is 0 Å². The molecule has 0 saturated heterocycles. The van der Waals surface area contributed by atoms with E-state index >= 15 is 0 Å². The molecule has 1 heterocycles. The molecule has 1 N–H and O–H groups in total. The molecule has 0 bridgehead atoms. The van der Waals surface area contributed by atoms with Crippen LogP contribution in [0.15, 0.2) is 18.3 Å². The van der Waals surface area contributed by atoms with Crippen molar-refractivity contribution in [3.8, 4) is 0 Å². The molecule has 1 aromatic rings. The molecular formula is C10H13BrN2O. The topological polar surface area (TPSA) is 42.0 Å². The predicted octanol–water partition coefficient (Wildman–Crippen LogP) is 2.50. The summed E-state index contributed by atoms with van der Waals surface area (Å²) >= 11 is 3.28. The standard InChI is InChI=1S/C10H13BrN2O/c1-7-4-5-8(12-6-7)13-9(14)10(2,3)11/h4-6H,1-3H3,(H,12,13,14). The third kappa shape index (κ3) is 3.10. The highest BCUT2D eigenvalue weighted by atomic mass is 79.9. The zero-order chi connectivity index (χ0) is 10.8. The molecule has 1 amide bonds. The minimum atomic E-state index is -0.570. The SMILES string of the molecule is Cc1ccc(NC(=O)C(C)(C)Br)nc1. The summed E-state index contributed by atoms with van der Waals surface area (Å²) in [6.45, 7) is 5.53. The van der Waals surface area contributed by atoms with E-state index in [2.05, 4.69) is 26.2 Å². The molecular weight excluding hydrogens is 244 g/mol. The quantitative estimate of drug-likeness (QED) is 0.827. The molecule has 0 aliphatic rings. The lowest BCUT2D eigenvalue weighted by molar-refractivity contribution is -0.117. The summed E-state index contributed by atoms with van der Waals surface area (Å²) in [6.07, 6.45) is 1.72. The van der Waals surface area contributed by atoms with Crippen LogP contribution in [0.2, 0.25) is 0 Å². The van der Waals surface area contributed by atoms with Crippen LogP contribution in [0.4, 0.5) is 5.82 Å². The number of amides is 1. The number of aryl methyl sites for hydroxylation is 1. The largest absolute Gasteiger partial charge is 0.309 e. The highest BCUT2D eigenvalue weighted by Gasteiger charge is 2.23. The number of nitrogens with one attached hydrogen (secondary N) is 1. The zero-order valence-corrected chi connectivity index (χ0v) is 10.1. The second kappa shape index (κ2) is 4.09. The lowest BCUT2D eigenvalue weighted by atomic mass is 10.2. The van der Waals surface area contributed by atoms with Crippen molar-refractivity contribution in [3.63, 3.8) is 0 Å². The number of halogens is 1. The molecule has 0 spiro atoms. The van der Waals surface area contributed by atoms with Crippen LogP contribution in [-0.2, 0) is 4.79 Å². The van der Waals surface area contributed by atoms with Gasteiger partial charge in [-0.2, -0.15) is 0 Å². The number of nitrogens with zero attached hydrogens (tertiary/aromatic N) is 1. The van der Waals surface area contributed by atoms with Crippen molar-refractivity contribution < 1.29 is 4.79 Å². The second-order valence-electron chi connectivity index (χ2n) is 3.65. The fraction of sp³-hybridized carbons (Fsp3) is 0.400. The number of hydrogen-bond acceptors (Lipinski definition) is 2. The summed E-state index contributed by atoms with van der Waals surface area (Å²) < 4.78 is -0.570. The van der Waals surface area contributed by atoms with Crippen LogP contribution < -0.4 is 5.32 Å². The molecule has 1 aromatic heterocycles. The molecule has 76 valence electrons. The summed E-state index contributed by atoms with van der Waals surface area (Å²) in [4.78, 5) is 15.6. The van der Waals surface area contributed by atoms with Gasteiger partial charge in [0.2, 0.25) is 5.91 Å². The van der Waals surface area contributed by atoms with Gasteiger partial charge in [-0.1, -0.05) is 22.0 Å². The van der Waals surface area contributed by atoms with Crippen LogP contribution in [0.25, 0.3) is 0 Å². The number of carbonyl (C=O) groups excluding carboxylic acids is 1. The number of aromatic nitrogens is 1. The molecule has 14 heavy (non-hydrogen) atoms. The van der Waals surface area contributed by atoms with E-state index in [-0.39, 0.29) is 5.91 Å². The van der Waals surface area contributed by atoms with Gasteiger partial charge in [0.05, 0.1) is 4.32 Å². The molecule has 0 aliphatic carbocycles. The maximum Gasteiger partial charge on any atom is 0.241 e. The number of carbonyl (C=O) groups is 1. The monoisotopic (exact) mass is 256 g/mol. The molecule has 0 aliphatic heterocycles. The normalized spacial score (nSPS) is 11.1. The first-order chi connectivity index (χ1) is 6.39. The predicted molar refractivity (Wildman–Crippen MR) is 60.6 cm³/mol. The Balaban J connectivity index is 2.71.